The molecule has 21 heavy (non-hydrogen) atoms. The minimum absolute atomic E-state index is 0.308. The van der Waals surface area contributed by atoms with Crippen molar-refractivity contribution in [2.75, 3.05) is 5.32 Å². The largest absolute Gasteiger partial charge is 0.319 e. The number of carbonyl (C=O) groups excluding carboxylic acids is 1. The quantitative estimate of drug-likeness (QED) is 0.681. The molecule has 0 aliphatic carbocycles. The van der Waals surface area contributed by atoms with Crippen LogP contribution in [0.1, 0.15) is 10.5 Å². The van der Waals surface area contributed by atoms with Crippen LogP contribution >= 0.6 is 45.9 Å². The van der Waals surface area contributed by atoms with E-state index in [2.05, 4.69) is 10.3 Å². The van der Waals surface area contributed by atoms with E-state index in [4.69, 9.17) is 23.2 Å². The van der Waals surface area contributed by atoms with Gasteiger partial charge in [0.05, 0.1) is 10.7 Å². The van der Waals surface area contributed by atoms with Crippen LogP contribution in [0.2, 0.25) is 10.0 Å². The number of aromatic nitrogens is 1. The van der Waals surface area contributed by atoms with Crippen LogP contribution in [0, 0.1) is 0 Å². The first kappa shape index (κ1) is 14.5. The van der Waals surface area contributed by atoms with Crippen LogP contribution in [0.5, 0.6) is 0 Å². The van der Waals surface area contributed by atoms with Gasteiger partial charge in [0.1, 0.15) is 10.7 Å². The van der Waals surface area contributed by atoms with Crippen molar-refractivity contribution in [1.82, 2.24) is 4.98 Å². The van der Waals surface area contributed by atoms with Crippen LogP contribution in [0.15, 0.2) is 40.4 Å². The van der Waals surface area contributed by atoms with Crippen LogP contribution in [0.4, 0.5) is 5.69 Å². The van der Waals surface area contributed by atoms with Gasteiger partial charge in [-0.1, -0.05) is 23.2 Å². The zero-order valence-electron chi connectivity index (χ0n) is 10.5. The maximum Gasteiger partial charge on any atom is 0.275 e. The Morgan fingerprint density at radius 2 is 2.05 bits per heavy atom. The number of amides is 1. The number of anilines is 1. The Hall–Kier alpha value is -1.40. The van der Waals surface area contributed by atoms with Crippen molar-refractivity contribution in [2.24, 2.45) is 0 Å². The molecule has 0 fully saturated rings. The van der Waals surface area contributed by atoms with E-state index in [1.807, 2.05) is 16.8 Å². The monoisotopic (exact) mass is 354 g/mol. The summed E-state index contributed by atoms with van der Waals surface area (Å²) in [5.41, 5.74) is 1.85. The molecule has 0 aliphatic rings. The molecular weight excluding hydrogens is 347 g/mol. The molecule has 2 aromatic heterocycles. The fourth-order valence-electron chi connectivity index (χ4n) is 1.68. The first-order valence-electron chi connectivity index (χ1n) is 5.88. The fourth-order valence-corrected chi connectivity index (χ4v) is 3.53. The second kappa shape index (κ2) is 6.15. The Bertz CT molecular complexity index is 784. The molecule has 0 atom stereocenters. The molecule has 3 nitrogen and oxygen atoms in total. The van der Waals surface area contributed by atoms with Gasteiger partial charge in [0, 0.05) is 21.3 Å². The fraction of sp³-hybridized carbons (Fsp3) is 0. The van der Waals surface area contributed by atoms with Gasteiger partial charge in [0.15, 0.2) is 0 Å². The summed E-state index contributed by atoms with van der Waals surface area (Å²) in [6, 6.07) is 6.88. The van der Waals surface area contributed by atoms with Gasteiger partial charge in [-0.3, -0.25) is 4.79 Å². The third-order valence-corrected chi connectivity index (χ3v) is 4.82. The molecule has 7 heteroatoms. The molecular formula is C14H8Cl2N2OS2. The number of hydrogen-bond acceptors (Lipinski definition) is 4. The van der Waals surface area contributed by atoms with Crippen LogP contribution in [0.25, 0.3) is 10.6 Å². The third kappa shape index (κ3) is 3.27. The number of rotatable bonds is 3. The second-order valence-corrected chi connectivity index (χ2v) is 6.61. The summed E-state index contributed by atoms with van der Waals surface area (Å²) < 4.78 is 0. The SMILES string of the molecule is O=C(Nc1cc(Cl)ccc1Cl)c1csc(-c2ccsc2)n1. The molecule has 1 aromatic carbocycles. The van der Waals surface area contributed by atoms with Gasteiger partial charge >= 0.3 is 0 Å². The lowest BCUT2D eigenvalue weighted by atomic mass is 10.3. The van der Waals surface area contributed by atoms with E-state index in [0.717, 1.165) is 10.6 Å². The van der Waals surface area contributed by atoms with Gasteiger partial charge in [-0.05, 0) is 29.6 Å². The minimum atomic E-state index is -0.308. The highest BCUT2D eigenvalue weighted by Crippen LogP contribution is 2.28. The maximum absolute atomic E-state index is 12.2. The lowest BCUT2D eigenvalue weighted by Gasteiger charge is -2.05. The van der Waals surface area contributed by atoms with Crippen molar-refractivity contribution in [2.45, 2.75) is 0 Å². The van der Waals surface area contributed by atoms with Gasteiger partial charge in [-0.2, -0.15) is 11.3 Å². The van der Waals surface area contributed by atoms with E-state index in [9.17, 15) is 4.79 Å². The topological polar surface area (TPSA) is 42.0 Å². The molecule has 0 aliphatic heterocycles. The zero-order valence-corrected chi connectivity index (χ0v) is 13.6. The number of thiazole rings is 1. The van der Waals surface area contributed by atoms with Crippen molar-refractivity contribution < 1.29 is 4.79 Å². The summed E-state index contributed by atoms with van der Waals surface area (Å²) in [4.78, 5) is 16.5. The molecule has 0 spiro atoms. The van der Waals surface area contributed by atoms with Crippen molar-refractivity contribution in [1.29, 1.82) is 0 Å². The van der Waals surface area contributed by atoms with Crippen LogP contribution in [-0.2, 0) is 0 Å². The zero-order chi connectivity index (χ0) is 14.8. The number of nitrogens with zero attached hydrogens (tertiary/aromatic N) is 1. The molecule has 0 bridgehead atoms. The molecule has 2 heterocycles. The van der Waals surface area contributed by atoms with E-state index in [-0.39, 0.29) is 5.91 Å². The van der Waals surface area contributed by atoms with Gasteiger partial charge in [0.2, 0.25) is 0 Å². The van der Waals surface area contributed by atoms with Crippen LogP contribution < -0.4 is 5.32 Å². The molecule has 106 valence electrons. The van der Waals surface area contributed by atoms with Crippen LogP contribution in [0.3, 0.4) is 0 Å². The van der Waals surface area contributed by atoms with Gasteiger partial charge in [0.25, 0.3) is 5.91 Å². The Labute approximate surface area is 139 Å². The molecule has 3 rings (SSSR count). The highest BCUT2D eigenvalue weighted by atomic mass is 35.5. The lowest BCUT2D eigenvalue weighted by Crippen LogP contribution is -2.12. The number of halogens is 2. The summed E-state index contributed by atoms with van der Waals surface area (Å²) >= 11 is 14.9. The molecule has 1 amide bonds. The maximum atomic E-state index is 12.2. The van der Waals surface area contributed by atoms with Crippen molar-refractivity contribution in [3.8, 4) is 10.6 Å². The normalized spacial score (nSPS) is 10.6. The average Bonchev–Trinajstić information content (AvgIpc) is 3.12. The Balaban J connectivity index is 1.81. The lowest BCUT2D eigenvalue weighted by molar-refractivity contribution is 0.102. The number of benzene rings is 1. The number of carbonyl (C=O) groups is 1. The Morgan fingerprint density at radius 3 is 2.81 bits per heavy atom. The molecule has 0 saturated carbocycles. The standard InChI is InChI=1S/C14H8Cl2N2OS2/c15-9-1-2-10(16)11(5-9)17-13(19)12-7-21-14(18-12)8-3-4-20-6-8/h1-7H,(H,17,19). The Morgan fingerprint density at radius 1 is 1.19 bits per heavy atom. The van der Waals surface area contributed by atoms with Crippen molar-refractivity contribution in [3.63, 3.8) is 0 Å². The highest BCUT2D eigenvalue weighted by Gasteiger charge is 2.13. The predicted octanol–water partition coefficient (Wildman–Crippen LogP) is 5.43. The molecule has 0 unspecified atom stereocenters. The van der Waals surface area contributed by atoms with Gasteiger partial charge < -0.3 is 5.32 Å². The first-order chi connectivity index (χ1) is 10.1. The van der Waals surface area contributed by atoms with E-state index in [1.54, 1.807) is 34.9 Å². The Kier molecular flexibility index (Phi) is 4.26. The summed E-state index contributed by atoms with van der Waals surface area (Å²) in [7, 11) is 0. The minimum Gasteiger partial charge on any atom is -0.319 e. The average molecular weight is 355 g/mol. The number of thiophene rings is 1. The van der Waals surface area contributed by atoms with E-state index >= 15 is 0 Å². The highest BCUT2D eigenvalue weighted by molar-refractivity contribution is 7.14. The van der Waals surface area contributed by atoms with Gasteiger partial charge in [-0.15, -0.1) is 11.3 Å². The van der Waals surface area contributed by atoms with Crippen molar-refractivity contribution in [3.05, 3.63) is 56.1 Å². The molecule has 1 N–H and O–H groups in total. The summed E-state index contributed by atoms with van der Waals surface area (Å²) in [5.74, 6) is -0.308. The smallest absolute Gasteiger partial charge is 0.275 e. The van der Waals surface area contributed by atoms with E-state index < -0.39 is 0 Å². The first-order valence-corrected chi connectivity index (χ1v) is 8.46. The predicted molar refractivity (Wildman–Crippen MR) is 89.8 cm³/mol. The van der Waals surface area contributed by atoms with Crippen LogP contribution in [-0.4, -0.2) is 10.9 Å². The molecule has 0 saturated heterocycles. The summed E-state index contributed by atoms with van der Waals surface area (Å²) in [5, 5.41) is 10.2. The second-order valence-electron chi connectivity index (χ2n) is 4.13. The molecule has 3 aromatic rings. The summed E-state index contributed by atoms with van der Waals surface area (Å²) in [6.45, 7) is 0. The summed E-state index contributed by atoms with van der Waals surface area (Å²) in [6.07, 6.45) is 0. The van der Waals surface area contributed by atoms with E-state index in [1.165, 1.54) is 11.3 Å². The number of hydrogen-bond donors (Lipinski definition) is 1. The number of nitrogens with one attached hydrogen (secondary N) is 1. The molecule has 0 radical (unpaired) electrons. The van der Waals surface area contributed by atoms with E-state index in [0.29, 0.717) is 21.4 Å². The van der Waals surface area contributed by atoms with Crippen molar-refractivity contribution >= 4 is 57.5 Å². The third-order valence-electron chi connectivity index (χ3n) is 2.68. The van der Waals surface area contributed by atoms with Gasteiger partial charge in [-0.25, -0.2) is 4.98 Å².